The first-order valence-electron chi connectivity index (χ1n) is 6.30. The third-order valence-corrected chi connectivity index (χ3v) is 3.04. The van der Waals surface area contributed by atoms with Crippen molar-refractivity contribution in [1.82, 2.24) is 10.5 Å². The molecule has 19 heavy (non-hydrogen) atoms. The van der Waals surface area contributed by atoms with Crippen molar-refractivity contribution >= 4 is 29.9 Å². The number of halogens is 1. The Morgan fingerprint density at radius 1 is 1.47 bits per heavy atom. The average Bonchev–Trinajstić information content (AvgIpc) is 2.80. The number of aliphatic imine (C=N–C) groups is 1. The number of fused-ring (bicyclic) bond motifs is 1. The van der Waals surface area contributed by atoms with Crippen molar-refractivity contribution in [2.45, 2.75) is 32.2 Å². The maximum atomic E-state index is 5.73. The van der Waals surface area contributed by atoms with Gasteiger partial charge in [-0.15, -0.1) is 24.0 Å². The van der Waals surface area contributed by atoms with Crippen molar-refractivity contribution in [1.29, 1.82) is 0 Å². The molecule has 7 heteroatoms. The van der Waals surface area contributed by atoms with E-state index in [1.807, 2.05) is 0 Å². The standard InChI is InChI=1S/C12H20N4O2.HI/c1-17-7-6-14-12(13)15-8-10-9-4-2-3-5-11(9)18-16-10;/h2-8H2,1H3,(H3,13,14,15);1H. The Morgan fingerprint density at radius 2 is 2.26 bits per heavy atom. The summed E-state index contributed by atoms with van der Waals surface area (Å²) >= 11 is 0. The van der Waals surface area contributed by atoms with Crippen LogP contribution in [-0.4, -0.2) is 31.4 Å². The summed E-state index contributed by atoms with van der Waals surface area (Å²) in [5, 5.41) is 7.05. The topological polar surface area (TPSA) is 85.7 Å². The van der Waals surface area contributed by atoms with E-state index in [4.69, 9.17) is 15.0 Å². The number of hydrogen-bond donors (Lipinski definition) is 2. The molecule has 0 atom stereocenters. The van der Waals surface area contributed by atoms with Crippen LogP contribution in [0.15, 0.2) is 9.52 Å². The summed E-state index contributed by atoms with van der Waals surface area (Å²) in [6, 6.07) is 0. The molecule has 1 heterocycles. The number of aryl methyl sites for hydroxylation is 1. The second-order valence-electron chi connectivity index (χ2n) is 4.36. The molecule has 1 aliphatic rings. The van der Waals surface area contributed by atoms with Gasteiger partial charge in [-0.1, -0.05) is 5.16 Å². The molecule has 108 valence electrons. The minimum atomic E-state index is 0. The smallest absolute Gasteiger partial charge is 0.189 e. The summed E-state index contributed by atoms with van der Waals surface area (Å²) in [5.74, 6) is 1.44. The first-order valence-corrected chi connectivity index (χ1v) is 6.30. The van der Waals surface area contributed by atoms with Gasteiger partial charge in [-0.25, -0.2) is 4.99 Å². The molecule has 0 aliphatic heterocycles. The fourth-order valence-electron chi connectivity index (χ4n) is 2.07. The van der Waals surface area contributed by atoms with Crippen molar-refractivity contribution in [3.8, 4) is 0 Å². The van der Waals surface area contributed by atoms with Crippen molar-refractivity contribution in [2.24, 2.45) is 10.7 Å². The largest absolute Gasteiger partial charge is 0.383 e. The number of hydrogen-bond acceptors (Lipinski definition) is 4. The molecule has 1 aromatic rings. The van der Waals surface area contributed by atoms with Crippen LogP contribution in [0.3, 0.4) is 0 Å². The molecule has 2 rings (SSSR count). The molecule has 0 aromatic carbocycles. The number of rotatable bonds is 5. The molecular weight excluding hydrogens is 359 g/mol. The van der Waals surface area contributed by atoms with Crippen LogP contribution in [0.5, 0.6) is 0 Å². The second kappa shape index (κ2) is 8.36. The molecule has 6 nitrogen and oxygen atoms in total. The van der Waals surface area contributed by atoms with Gasteiger partial charge in [-0.05, 0) is 19.3 Å². The van der Waals surface area contributed by atoms with Crippen LogP contribution < -0.4 is 11.1 Å². The van der Waals surface area contributed by atoms with Gasteiger partial charge in [0.05, 0.1) is 13.2 Å². The molecular formula is C12H21IN4O2. The molecule has 0 saturated carbocycles. The third-order valence-electron chi connectivity index (χ3n) is 3.04. The summed E-state index contributed by atoms with van der Waals surface area (Å²) < 4.78 is 10.2. The van der Waals surface area contributed by atoms with Gasteiger partial charge in [0.2, 0.25) is 0 Å². The molecule has 0 unspecified atom stereocenters. The highest BCUT2D eigenvalue weighted by atomic mass is 127. The number of aromatic nitrogens is 1. The fraction of sp³-hybridized carbons (Fsp3) is 0.667. The van der Waals surface area contributed by atoms with Gasteiger partial charge in [0, 0.05) is 25.6 Å². The maximum Gasteiger partial charge on any atom is 0.189 e. The third kappa shape index (κ3) is 4.64. The minimum Gasteiger partial charge on any atom is -0.383 e. The summed E-state index contributed by atoms with van der Waals surface area (Å²) in [5.41, 5.74) is 7.88. The van der Waals surface area contributed by atoms with Crippen LogP contribution in [0.1, 0.15) is 29.9 Å². The monoisotopic (exact) mass is 380 g/mol. The molecule has 0 amide bonds. The lowest BCUT2D eigenvalue weighted by atomic mass is 9.96. The second-order valence-corrected chi connectivity index (χ2v) is 4.36. The molecule has 1 aliphatic carbocycles. The van der Waals surface area contributed by atoms with Gasteiger partial charge in [-0.2, -0.15) is 0 Å². The Kier molecular flexibility index (Phi) is 7.14. The van der Waals surface area contributed by atoms with E-state index in [0.717, 1.165) is 24.3 Å². The highest BCUT2D eigenvalue weighted by molar-refractivity contribution is 14.0. The van der Waals surface area contributed by atoms with Gasteiger partial charge in [-0.3, -0.25) is 0 Å². The quantitative estimate of drug-likeness (QED) is 0.347. The molecule has 0 fully saturated rings. The van der Waals surface area contributed by atoms with Crippen LogP contribution in [0.4, 0.5) is 0 Å². The van der Waals surface area contributed by atoms with E-state index in [9.17, 15) is 0 Å². The zero-order chi connectivity index (χ0) is 12.8. The van der Waals surface area contributed by atoms with Gasteiger partial charge >= 0.3 is 0 Å². The number of nitrogens with two attached hydrogens (primary N) is 1. The summed E-state index contributed by atoms with van der Waals surface area (Å²) in [6.45, 7) is 1.74. The van der Waals surface area contributed by atoms with E-state index in [1.54, 1.807) is 7.11 Å². The maximum absolute atomic E-state index is 5.73. The van der Waals surface area contributed by atoms with Crippen LogP contribution in [0.2, 0.25) is 0 Å². The van der Waals surface area contributed by atoms with Gasteiger partial charge in [0.15, 0.2) is 5.96 Å². The lowest BCUT2D eigenvalue weighted by Crippen LogP contribution is -2.34. The molecule has 3 N–H and O–H groups in total. The predicted octanol–water partition coefficient (Wildman–Crippen LogP) is 1.22. The van der Waals surface area contributed by atoms with Crippen molar-refractivity contribution in [3.63, 3.8) is 0 Å². The minimum absolute atomic E-state index is 0. The summed E-state index contributed by atoms with van der Waals surface area (Å²) in [6.07, 6.45) is 4.42. The van der Waals surface area contributed by atoms with Crippen molar-refractivity contribution < 1.29 is 9.26 Å². The van der Waals surface area contributed by atoms with E-state index in [-0.39, 0.29) is 24.0 Å². The predicted molar refractivity (Wildman–Crippen MR) is 83.8 cm³/mol. The molecule has 0 bridgehead atoms. The van der Waals surface area contributed by atoms with Crippen molar-refractivity contribution in [3.05, 3.63) is 17.0 Å². The van der Waals surface area contributed by atoms with E-state index in [2.05, 4.69) is 15.5 Å². The van der Waals surface area contributed by atoms with Crippen LogP contribution in [0.25, 0.3) is 0 Å². The summed E-state index contributed by atoms with van der Waals surface area (Å²) in [4.78, 5) is 4.25. The number of nitrogens with one attached hydrogen (secondary N) is 1. The van der Waals surface area contributed by atoms with E-state index in [1.165, 1.54) is 18.4 Å². The number of nitrogens with zero attached hydrogens (tertiary/aromatic N) is 2. The Labute approximate surface area is 130 Å². The number of methoxy groups -OCH3 is 1. The molecule has 0 radical (unpaired) electrons. The fourth-order valence-corrected chi connectivity index (χ4v) is 2.07. The Morgan fingerprint density at radius 3 is 3.05 bits per heavy atom. The zero-order valence-electron chi connectivity index (χ0n) is 11.1. The first-order chi connectivity index (χ1) is 8.81. The van der Waals surface area contributed by atoms with E-state index >= 15 is 0 Å². The first kappa shape index (κ1) is 16.2. The Balaban J connectivity index is 0.00000180. The van der Waals surface area contributed by atoms with Crippen LogP contribution in [-0.2, 0) is 24.1 Å². The lowest BCUT2D eigenvalue weighted by molar-refractivity contribution is 0.204. The number of ether oxygens (including phenoxy) is 1. The Hall–Kier alpha value is -0.830. The molecule has 1 aromatic heterocycles. The normalized spacial score (nSPS) is 14.7. The lowest BCUT2D eigenvalue weighted by Gasteiger charge is -2.08. The summed E-state index contributed by atoms with van der Waals surface area (Å²) in [7, 11) is 1.65. The highest BCUT2D eigenvalue weighted by Crippen LogP contribution is 2.24. The van der Waals surface area contributed by atoms with Crippen LogP contribution in [0, 0.1) is 0 Å². The van der Waals surface area contributed by atoms with Gasteiger partial charge in [0.25, 0.3) is 0 Å². The van der Waals surface area contributed by atoms with E-state index in [0.29, 0.717) is 25.7 Å². The highest BCUT2D eigenvalue weighted by Gasteiger charge is 2.18. The number of guanidine groups is 1. The molecule has 0 saturated heterocycles. The zero-order valence-corrected chi connectivity index (χ0v) is 13.5. The molecule has 0 spiro atoms. The Bertz CT molecular complexity index is 420. The van der Waals surface area contributed by atoms with Crippen LogP contribution >= 0.6 is 24.0 Å². The van der Waals surface area contributed by atoms with E-state index < -0.39 is 0 Å². The average molecular weight is 380 g/mol. The van der Waals surface area contributed by atoms with Gasteiger partial charge in [0.1, 0.15) is 11.5 Å². The SMILES string of the molecule is COCCNC(N)=NCc1noc2c1CCCC2.I. The van der Waals surface area contributed by atoms with Gasteiger partial charge < -0.3 is 20.3 Å². The van der Waals surface area contributed by atoms with Crippen molar-refractivity contribution in [2.75, 3.05) is 20.3 Å².